The van der Waals surface area contributed by atoms with Crippen LogP contribution in [0.1, 0.15) is 20.3 Å². The summed E-state index contributed by atoms with van der Waals surface area (Å²) in [7, 11) is 0. The molecule has 0 radical (unpaired) electrons. The zero-order valence-electron chi connectivity index (χ0n) is 8.79. The van der Waals surface area contributed by atoms with Crippen molar-refractivity contribution in [2.75, 3.05) is 19.7 Å². The number of aliphatic hydroxyl groups is 1. The van der Waals surface area contributed by atoms with Gasteiger partial charge in [0.15, 0.2) is 0 Å². The van der Waals surface area contributed by atoms with Crippen molar-refractivity contribution in [1.29, 1.82) is 0 Å². The largest absolute Gasteiger partial charge is 0.478 e. The Labute approximate surface area is 84.6 Å². The van der Waals surface area contributed by atoms with E-state index in [4.69, 9.17) is 10.2 Å². The van der Waals surface area contributed by atoms with Crippen LogP contribution in [0.2, 0.25) is 0 Å². The number of carbonyl (C=O) groups is 1. The van der Waals surface area contributed by atoms with Crippen molar-refractivity contribution >= 4 is 5.97 Å². The van der Waals surface area contributed by atoms with Crippen LogP contribution in [0.4, 0.5) is 0 Å². The number of carboxylic acid groups (broad SMARTS) is 1. The first-order valence-corrected chi connectivity index (χ1v) is 4.85. The van der Waals surface area contributed by atoms with Crippen molar-refractivity contribution in [3.8, 4) is 0 Å². The smallest absolute Gasteiger partial charge is 0.331 e. The maximum Gasteiger partial charge on any atom is 0.331 e. The Hall–Kier alpha value is -0.870. The van der Waals surface area contributed by atoms with Crippen molar-refractivity contribution in [3.05, 3.63) is 11.6 Å². The normalized spacial score (nSPS) is 14.1. The lowest BCUT2D eigenvalue weighted by atomic mass is 10.2. The van der Waals surface area contributed by atoms with E-state index in [9.17, 15) is 4.79 Å². The van der Waals surface area contributed by atoms with E-state index in [1.165, 1.54) is 0 Å². The van der Waals surface area contributed by atoms with E-state index in [2.05, 4.69) is 5.32 Å². The summed E-state index contributed by atoms with van der Waals surface area (Å²) >= 11 is 0. The molecule has 0 aromatic heterocycles. The van der Waals surface area contributed by atoms with Crippen molar-refractivity contribution in [2.45, 2.75) is 20.3 Å². The fourth-order valence-electron chi connectivity index (χ4n) is 0.973. The highest BCUT2D eigenvalue weighted by molar-refractivity contribution is 5.86. The van der Waals surface area contributed by atoms with Gasteiger partial charge < -0.3 is 15.5 Å². The number of rotatable bonds is 7. The SMILES string of the molecule is CCC(=CCNCC(C)CO)C(=O)O. The van der Waals surface area contributed by atoms with Gasteiger partial charge in [-0.15, -0.1) is 0 Å². The molecule has 1 atom stereocenters. The fraction of sp³-hybridized carbons (Fsp3) is 0.700. The second kappa shape index (κ2) is 7.53. The predicted octanol–water partition coefficient (Wildman–Crippen LogP) is 0.625. The molecule has 0 amide bonds. The number of aliphatic hydroxyl groups excluding tert-OH is 1. The van der Waals surface area contributed by atoms with Gasteiger partial charge in [-0.25, -0.2) is 4.79 Å². The van der Waals surface area contributed by atoms with Crippen LogP contribution in [0.5, 0.6) is 0 Å². The van der Waals surface area contributed by atoms with Crippen LogP contribution in [0.25, 0.3) is 0 Å². The summed E-state index contributed by atoms with van der Waals surface area (Å²) in [6.07, 6.45) is 2.21. The summed E-state index contributed by atoms with van der Waals surface area (Å²) in [6, 6.07) is 0. The quantitative estimate of drug-likeness (QED) is 0.417. The van der Waals surface area contributed by atoms with Crippen LogP contribution in [0.15, 0.2) is 11.6 Å². The molecule has 0 spiro atoms. The lowest BCUT2D eigenvalue weighted by Gasteiger charge is -2.07. The van der Waals surface area contributed by atoms with E-state index in [1.807, 2.05) is 13.8 Å². The van der Waals surface area contributed by atoms with Crippen LogP contribution >= 0.6 is 0 Å². The van der Waals surface area contributed by atoms with Gasteiger partial charge in [-0.2, -0.15) is 0 Å². The number of aliphatic carboxylic acids is 1. The molecule has 4 heteroatoms. The molecule has 0 aliphatic carbocycles. The van der Waals surface area contributed by atoms with E-state index in [1.54, 1.807) is 6.08 Å². The standard InChI is InChI=1S/C10H19NO3/c1-3-9(10(13)14)4-5-11-6-8(2)7-12/h4,8,11-12H,3,5-7H2,1-2H3,(H,13,14). The second-order valence-electron chi connectivity index (χ2n) is 3.33. The number of carboxylic acids is 1. The molecule has 0 fully saturated rings. The highest BCUT2D eigenvalue weighted by Gasteiger charge is 2.03. The lowest BCUT2D eigenvalue weighted by Crippen LogP contribution is -2.23. The van der Waals surface area contributed by atoms with Crippen LogP contribution in [-0.4, -0.2) is 35.9 Å². The van der Waals surface area contributed by atoms with Crippen LogP contribution in [0, 0.1) is 5.92 Å². The second-order valence-corrected chi connectivity index (χ2v) is 3.33. The highest BCUT2D eigenvalue weighted by Crippen LogP contribution is 1.99. The van der Waals surface area contributed by atoms with Gasteiger partial charge in [0.1, 0.15) is 0 Å². The molecule has 0 saturated heterocycles. The summed E-state index contributed by atoms with van der Waals surface area (Å²) in [4.78, 5) is 10.6. The Morgan fingerprint density at radius 3 is 2.64 bits per heavy atom. The topological polar surface area (TPSA) is 69.6 Å². The molecule has 4 nitrogen and oxygen atoms in total. The number of nitrogens with one attached hydrogen (secondary N) is 1. The van der Waals surface area contributed by atoms with Crippen LogP contribution < -0.4 is 5.32 Å². The molecule has 14 heavy (non-hydrogen) atoms. The minimum absolute atomic E-state index is 0.149. The highest BCUT2D eigenvalue weighted by atomic mass is 16.4. The number of hydrogen-bond donors (Lipinski definition) is 3. The van der Waals surface area contributed by atoms with Gasteiger partial charge in [0.2, 0.25) is 0 Å². The van der Waals surface area contributed by atoms with E-state index >= 15 is 0 Å². The monoisotopic (exact) mass is 201 g/mol. The summed E-state index contributed by atoms with van der Waals surface area (Å²) in [5.41, 5.74) is 0.425. The van der Waals surface area contributed by atoms with Crippen molar-refractivity contribution in [2.24, 2.45) is 5.92 Å². The maximum atomic E-state index is 10.6. The molecule has 0 aliphatic heterocycles. The average Bonchev–Trinajstić information content (AvgIpc) is 2.16. The van der Waals surface area contributed by atoms with Gasteiger partial charge >= 0.3 is 5.97 Å². The van der Waals surface area contributed by atoms with Crippen molar-refractivity contribution in [1.82, 2.24) is 5.32 Å². The molecule has 0 aromatic carbocycles. The summed E-state index contributed by atoms with van der Waals surface area (Å²) in [6.45, 7) is 5.13. The van der Waals surface area contributed by atoms with Gasteiger partial charge in [0, 0.05) is 25.3 Å². The average molecular weight is 201 g/mol. The van der Waals surface area contributed by atoms with Gasteiger partial charge in [-0.3, -0.25) is 0 Å². The first-order valence-electron chi connectivity index (χ1n) is 4.85. The van der Waals surface area contributed by atoms with Gasteiger partial charge in [0.25, 0.3) is 0 Å². The predicted molar refractivity (Wildman–Crippen MR) is 55.1 cm³/mol. The Morgan fingerprint density at radius 1 is 1.57 bits per heavy atom. The molecule has 0 heterocycles. The minimum atomic E-state index is -0.857. The molecule has 3 N–H and O–H groups in total. The summed E-state index contributed by atoms with van der Waals surface area (Å²) < 4.78 is 0. The van der Waals surface area contributed by atoms with E-state index in [0.29, 0.717) is 25.1 Å². The molecule has 0 saturated carbocycles. The minimum Gasteiger partial charge on any atom is -0.478 e. The lowest BCUT2D eigenvalue weighted by molar-refractivity contribution is -0.132. The van der Waals surface area contributed by atoms with Crippen molar-refractivity contribution < 1.29 is 15.0 Å². The molecule has 0 aliphatic rings. The van der Waals surface area contributed by atoms with E-state index < -0.39 is 5.97 Å². The third kappa shape index (κ3) is 5.72. The fourth-order valence-corrected chi connectivity index (χ4v) is 0.973. The molecule has 0 aromatic rings. The Kier molecular flexibility index (Phi) is 7.06. The third-order valence-corrected chi connectivity index (χ3v) is 1.95. The Balaban J connectivity index is 3.74. The Bertz CT molecular complexity index is 202. The van der Waals surface area contributed by atoms with E-state index in [0.717, 1.165) is 0 Å². The molecular weight excluding hydrogens is 182 g/mol. The van der Waals surface area contributed by atoms with Gasteiger partial charge in [-0.05, 0) is 12.3 Å². The zero-order chi connectivity index (χ0) is 11.0. The van der Waals surface area contributed by atoms with Crippen LogP contribution in [0.3, 0.4) is 0 Å². The Morgan fingerprint density at radius 2 is 2.21 bits per heavy atom. The summed E-state index contributed by atoms with van der Waals surface area (Å²) in [5.74, 6) is -0.650. The van der Waals surface area contributed by atoms with Gasteiger partial charge in [-0.1, -0.05) is 19.9 Å². The molecule has 0 bridgehead atoms. The van der Waals surface area contributed by atoms with E-state index in [-0.39, 0.29) is 12.5 Å². The molecule has 0 rings (SSSR count). The maximum absolute atomic E-state index is 10.6. The van der Waals surface area contributed by atoms with Crippen LogP contribution in [-0.2, 0) is 4.79 Å². The zero-order valence-corrected chi connectivity index (χ0v) is 8.79. The number of hydrogen-bond acceptors (Lipinski definition) is 3. The molecule has 82 valence electrons. The first-order chi connectivity index (χ1) is 6.61. The van der Waals surface area contributed by atoms with Gasteiger partial charge in [0.05, 0.1) is 0 Å². The summed E-state index contributed by atoms with van der Waals surface area (Å²) in [5, 5.41) is 20.5. The third-order valence-electron chi connectivity index (χ3n) is 1.95. The van der Waals surface area contributed by atoms with Crippen molar-refractivity contribution in [3.63, 3.8) is 0 Å². The first kappa shape index (κ1) is 13.1. The molecule has 1 unspecified atom stereocenters. The molecular formula is C10H19NO3.